The number of pyridine rings is 1. The molecule has 1 aliphatic heterocycles. The van der Waals surface area contributed by atoms with Crippen LogP contribution in [0.3, 0.4) is 0 Å². The molecule has 96 valence electrons. The van der Waals surface area contributed by atoms with E-state index >= 15 is 0 Å². The highest BCUT2D eigenvalue weighted by Gasteiger charge is 2.33. The van der Waals surface area contributed by atoms with E-state index in [0.717, 1.165) is 29.3 Å². The van der Waals surface area contributed by atoms with Gasteiger partial charge in [0.1, 0.15) is 0 Å². The molecule has 0 aromatic carbocycles. The number of nitrogens with zero attached hydrogens (tertiary/aromatic N) is 6. The Morgan fingerprint density at radius 3 is 3.05 bits per heavy atom. The molecule has 1 aliphatic rings. The molecule has 0 bridgehead atoms. The molecule has 6 heteroatoms. The molecule has 4 aromatic rings. The van der Waals surface area contributed by atoms with Gasteiger partial charge in [0.15, 0.2) is 6.33 Å². The van der Waals surface area contributed by atoms with Gasteiger partial charge in [0.25, 0.3) is 11.3 Å². The Morgan fingerprint density at radius 1 is 1.20 bits per heavy atom. The third kappa shape index (κ3) is 1.01. The smallest absolute Gasteiger partial charge is 0.264 e. The Morgan fingerprint density at radius 2 is 2.10 bits per heavy atom. The second kappa shape index (κ2) is 3.22. The van der Waals surface area contributed by atoms with Gasteiger partial charge < -0.3 is 0 Å². The van der Waals surface area contributed by atoms with Crippen molar-refractivity contribution in [2.45, 2.75) is 6.54 Å². The highest BCUT2D eigenvalue weighted by molar-refractivity contribution is 5.77. The summed E-state index contributed by atoms with van der Waals surface area (Å²) in [7, 11) is 2.07. The SMILES string of the molecule is C[n+]1c2n(c3nc4ccncn4c31)Cc1ccncc1-2. The third-order valence-electron chi connectivity index (χ3n) is 4.01. The normalized spacial score (nSPS) is 13.1. The predicted molar refractivity (Wildman–Crippen MR) is 72.0 cm³/mol. The van der Waals surface area contributed by atoms with E-state index < -0.39 is 0 Å². The second-order valence-corrected chi connectivity index (χ2v) is 5.07. The van der Waals surface area contributed by atoms with Crippen molar-refractivity contribution < 1.29 is 4.57 Å². The lowest BCUT2D eigenvalue weighted by Gasteiger charge is -1.96. The van der Waals surface area contributed by atoms with Gasteiger partial charge in [-0.25, -0.2) is 14.1 Å². The van der Waals surface area contributed by atoms with E-state index in [1.807, 2.05) is 29.2 Å². The molecule has 0 atom stereocenters. The van der Waals surface area contributed by atoms with Gasteiger partial charge >= 0.3 is 0 Å². The summed E-state index contributed by atoms with van der Waals surface area (Å²) in [6.07, 6.45) is 7.35. The molecule has 0 spiro atoms. The lowest BCUT2D eigenvalue weighted by atomic mass is 10.2. The van der Waals surface area contributed by atoms with Crippen molar-refractivity contribution in [3.63, 3.8) is 0 Å². The molecule has 5 rings (SSSR count). The fourth-order valence-corrected chi connectivity index (χ4v) is 3.16. The average molecular weight is 263 g/mol. The van der Waals surface area contributed by atoms with Crippen LogP contribution in [0, 0.1) is 0 Å². The van der Waals surface area contributed by atoms with Gasteiger partial charge in [-0.15, -0.1) is 0 Å². The Hall–Kier alpha value is -2.76. The molecule has 0 unspecified atom stereocenters. The molecule has 4 aromatic heterocycles. The van der Waals surface area contributed by atoms with Crippen molar-refractivity contribution in [3.8, 4) is 11.4 Å². The van der Waals surface area contributed by atoms with E-state index in [0.29, 0.717) is 0 Å². The Kier molecular flexibility index (Phi) is 1.62. The van der Waals surface area contributed by atoms with Crippen LogP contribution in [0.5, 0.6) is 0 Å². The minimum atomic E-state index is 0.849. The number of hydrogen-bond donors (Lipinski definition) is 0. The molecule has 0 N–H and O–H groups in total. The predicted octanol–water partition coefficient (Wildman–Crippen LogP) is 0.932. The molecular formula is C14H11N6+. The molecule has 5 heterocycles. The van der Waals surface area contributed by atoms with Crippen LogP contribution >= 0.6 is 0 Å². The maximum atomic E-state index is 4.74. The van der Waals surface area contributed by atoms with Gasteiger partial charge in [-0.1, -0.05) is 0 Å². The first-order valence-corrected chi connectivity index (χ1v) is 6.48. The van der Waals surface area contributed by atoms with Crippen molar-refractivity contribution >= 4 is 16.9 Å². The summed E-state index contributed by atoms with van der Waals surface area (Å²) in [5.41, 5.74) is 5.46. The molecular weight excluding hydrogens is 252 g/mol. The topological polar surface area (TPSA) is 51.9 Å². The standard InChI is InChI=1S/C14H11N6/c1-18-13-10-6-15-4-2-9(10)7-19(13)12-14(18)20-8-16-5-3-11(20)17-12/h2-6,8H,7H2,1H3/q+1. The van der Waals surface area contributed by atoms with E-state index in [4.69, 9.17) is 4.98 Å². The number of aromatic nitrogens is 6. The summed E-state index contributed by atoms with van der Waals surface area (Å²) in [5, 5.41) is 0. The van der Waals surface area contributed by atoms with Crippen LogP contribution in [0.1, 0.15) is 5.56 Å². The highest BCUT2D eigenvalue weighted by Crippen LogP contribution is 2.32. The summed E-state index contributed by atoms with van der Waals surface area (Å²) in [5.74, 6) is 1.16. The molecule has 0 amide bonds. The van der Waals surface area contributed by atoms with E-state index in [1.165, 1.54) is 11.1 Å². The molecule has 0 radical (unpaired) electrons. The van der Waals surface area contributed by atoms with Crippen LogP contribution in [-0.2, 0) is 13.6 Å². The van der Waals surface area contributed by atoms with Crippen LogP contribution in [0.25, 0.3) is 28.3 Å². The van der Waals surface area contributed by atoms with Crippen molar-refractivity contribution in [3.05, 3.63) is 42.6 Å². The number of imidazole rings is 2. The van der Waals surface area contributed by atoms with E-state index in [2.05, 4.69) is 32.2 Å². The van der Waals surface area contributed by atoms with Gasteiger partial charge in [0.05, 0.1) is 19.2 Å². The Bertz CT molecular complexity index is 994. The third-order valence-corrected chi connectivity index (χ3v) is 4.01. The maximum Gasteiger partial charge on any atom is 0.296 e. The summed E-state index contributed by atoms with van der Waals surface area (Å²) >= 11 is 0. The fraction of sp³-hybridized carbons (Fsp3) is 0.143. The summed E-state index contributed by atoms with van der Waals surface area (Å²) < 4.78 is 6.44. The number of aryl methyl sites for hydroxylation is 1. The van der Waals surface area contributed by atoms with Crippen LogP contribution in [-0.4, -0.2) is 23.9 Å². The highest BCUT2D eigenvalue weighted by atomic mass is 15.3. The molecule has 0 aliphatic carbocycles. The largest absolute Gasteiger partial charge is 0.296 e. The summed E-state index contributed by atoms with van der Waals surface area (Å²) in [4.78, 5) is 13.2. The van der Waals surface area contributed by atoms with Gasteiger partial charge in [-0.05, 0) is 6.07 Å². The maximum absolute atomic E-state index is 4.74. The molecule has 20 heavy (non-hydrogen) atoms. The molecule has 6 nitrogen and oxygen atoms in total. The summed E-state index contributed by atoms with van der Waals surface area (Å²) in [6, 6.07) is 4.00. The zero-order valence-electron chi connectivity index (χ0n) is 10.9. The zero-order valence-corrected chi connectivity index (χ0v) is 10.9. The number of fused-ring (bicyclic) bond motifs is 7. The first-order chi connectivity index (χ1) is 9.84. The minimum Gasteiger partial charge on any atom is -0.264 e. The quantitative estimate of drug-likeness (QED) is 0.391. The first kappa shape index (κ1) is 10.1. The first-order valence-electron chi connectivity index (χ1n) is 6.48. The fourth-order valence-electron chi connectivity index (χ4n) is 3.16. The second-order valence-electron chi connectivity index (χ2n) is 5.07. The van der Waals surface area contributed by atoms with Gasteiger partial charge in [-0.3, -0.25) is 4.98 Å². The van der Waals surface area contributed by atoms with Gasteiger partial charge in [0, 0.05) is 30.2 Å². The van der Waals surface area contributed by atoms with Crippen molar-refractivity contribution in [1.82, 2.24) is 23.9 Å². The van der Waals surface area contributed by atoms with Crippen LogP contribution in [0.2, 0.25) is 0 Å². The van der Waals surface area contributed by atoms with Crippen molar-refractivity contribution in [2.75, 3.05) is 0 Å². The van der Waals surface area contributed by atoms with E-state index in [9.17, 15) is 0 Å². The average Bonchev–Trinajstić information content (AvgIpc) is 3.10. The lowest BCUT2D eigenvalue weighted by Crippen LogP contribution is -2.30. The van der Waals surface area contributed by atoms with Crippen molar-refractivity contribution in [1.29, 1.82) is 0 Å². The van der Waals surface area contributed by atoms with E-state index in [1.54, 1.807) is 6.20 Å². The van der Waals surface area contributed by atoms with E-state index in [-0.39, 0.29) is 0 Å². The minimum absolute atomic E-state index is 0.849. The van der Waals surface area contributed by atoms with Crippen LogP contribution in [0.15, 0.2) is 37.1 Å². The Labute approximate surface area is 114 Å². The number of hydrogen-bond acceptors (Lipinski definition) is 3. The molecule has 0 saturated heterocycles. The van der Waals surface area contributed by atoms with Crippen molar-refractivity contribution in [2.24, 2.45) is 7.05 Å². The zero-order chi connectivity index (χ0) is 13.3. The van der Waals surface area contributed by atoms with Crippen LogP contribution < -0.4 is 4.57 Å². The lowest BCUT2D eigenvalue weighted by molar-refractivity contribution is -0.636. The molecule has 0 fully saturated rings. The van der Waals surface area contributed by atoms with Gasteiger partial charge in [-0.2, -0.15) is 9.38 Å². The summed E-state index contributed by atoms with van der Waals surface area (Å²) in [6.45, 7) is 0.849. The number of rotatable bonds is 0. The van der Waals surface area contributed by atoms with Gasteiger partial charge in [0.2, 0.25) is 11.5 Å². The Balaban J connectivity index is 1.98. The molecule has 0 saturated carbocycles. The van der Waals surface area contributed by atoms with Crippen LogP contribution in [0.4, 0.5) is 0 Å². The monoisotopic (exact) mass is 263 g/mol.